The molecule has 1 heterocycles. The number of hydrogen-bond acceptors (Lipinski definition) is 4. The molecule has 0 saturated carbocycles. The van der Waals surface area contributed by atoms with Gasteiger partial charge in [0.15, 0.2) is 0 Å². The van der Waals surface area contributed by atoms with Crippen LogP contribution >= 0.6 is 0 Å². The van der Waals surface area contributed by atoms with Crippen LogP contribution in [0.15, 0.2) is 67.3 Å². The van der Waals surface area contributed by atoms with Gasteiger partial charge in [0.1, 0.15) is 0 Å². The number of anilines is 1. The Labute approximate surface area is 175 Å². The Bertz CT molecular complexity index is 804. The molecular weight excluding hydrogens is 361 g/mol. The molecule has 3 rings (SSSR count). The molecule has 0 bridgehead atoms. The van der Waals surface area contributed by atoms with E-state index in [2.05, 4.69) is 58.6 Å². The predicted molar refractivity (Wildman–Crippen MR) is 120 cm³/mol. The fourth-order valence-electron chi connectivity index (χ4n) is 3.13. The summed E-state index contributed by atoms with van der Waals surface area (Å²) in [6.07, 6.45) is 1.89. The third-order valence-corrected chi connectivity index (χ3v) is 5.83. The first kappa shape index (κ1) is 21.6. The maximum absolute atomic E-state index is 6.13. The van der Waals surface area contributed by atoms with Crippen molar-refractivity contribution in [3.05, 3.63) is 72.8 Å². The number of ether oxygens (including phenoxy) is 1. The minimum atomic E-state index is -0.374. The van der Waals surface area contributed by atoms with Crippen LogP contribution in [0.1, 0.15) is 40.2 Å². The van der Waals surface area contributed by atoms with E-state index >= 15 is 0 Å². The second kappa shape index (κ2) is 8.35. The van der Waals surface area contributed by atoms with E-state index < -0.39 is 0 Å². The van der Waals surface area contributed by atoms with E-state index in [1.807, 2.05) is 48.5 Å². The number of nitrogens with one attached hydrogen (secondary N) is 1. The van der Waals surface area contributed by atoms with E-state index in [0.717, 1.165) is 16.7 Å². The lowest BCUT2D eigenvalue weighted by Gasteiger charge is -2.32. The average molecular weight is 393 g/mol. The normalized spacial score (nSPS) is 19.6. The van der Waals surface area contributed by atoms with Crippen molar-refractivity contribution in [2.75, 3.05) is 11.9 Å². The van der Waals surface area contributed by atoms with Crippen LogP contribution in [0.3, 0.4) is 0 Å². The maximum Gasteiger partial charge on any atom is 0.494 e. The molecule has 1 fully saturated rings. The molecule has 0 amide bonds. The zero-order chi connectivity index (χ0) is 21.1. The van der Waals surface area contributed by atoms with Gasteiger partial charge < -0.3 is 19.4 Å². The molecule has 0 aromatic heterocycles. The molecule has 1 aliphatic rings. The van der Waals surface area contributed by atoms with Crippen molar-refractivity contribution in [1.82, 2.24) is 0 Å². The monoisotopic (exact) mass is 393 g/mol. The van der Waals surface area contributed by atoms with E-state index in [0.29, 0.717) is 13.2 Å². The van der Waals surface area contributed by atoms with E-state index in [1.165, 1.54) is 0 Å². The van der Waals surface area contributed by atoms with Crippen LogP contribution in [0.5, 0.6) is 0 Å². The van der Waals surface area contributed by atoms with Gasteiger partial charge >= 0.3 is 7.12 Å². The van der Waals surface area contributed by atoms with Gasteiger partial charge in [0.05, 0.1) is 30.0 Å². The van der Waals surface area contributed by atoms with Crippen LogP contribution in [0.2, 0.25) is 0 Å². The third-order valence-electron chi connectivity index (χ3n) is 5.83. The topological polar surface area (TPSA) is 39.7 Å². The summed E-state index contributed by atoms with van der Waals surface area (Å²) < 4.78 is 18.2. The molecular formula is C24H32BNO3. The van der Waals surface area contributed by atoms with Gasteiger partial charge in [-0.25, -0.2) is 0 Å². The summed E-state index contributed by atoms with van der Waals surface area (Å²) in [5.74, 6) is 0. The molecule has 1 aliphatic heterocycles. The molecule has 1 N–H and O–H groups in total. The fourth-order valence-corrected chi connectivity index (χ4v) is 3.13. The fraction of sp³-hybridized carbons (Fsp3) is 0.417. The maximum atomic E-state index is 6.13. The summed E-state index contributed by atoms with van der Waals surface area (Å²) >= 11 is 0. The van der Waals surface area contributed by atoms with Gasteiger partial charge in [-0.15, -0.1) is 6.58 Å². The number of rotatable bonds is 8. The largest absolute Gasteiger partial charge is 0.494 e. The van der Waals surface area contributed by atoms with Gasteiger partial charge in [-0.2, -0.15) is 0 Å². The van der Waals surface area contributed by atoms with Gasteiger partial charge in [-0.1, -0.05) is 48.5 Å². The van der Waals surface area contributed by atoms with Gasteiger partial charge in [0, 0.05) is 5.69 Å². The van der Waals surface area contributed by atoms with Crippen LogP contribution in [0.25, 0.3) is 0 Å². The summed E-state index contributed by atoms with van der Waals surface area (Å²) in [6.45, 7) is 15.4. The Morgan fingerprint density at radius 2 is 1.59 bits per heavy atom. The molecule has 0 unspecified atom stereocenters. The lowest BCUT2D eigenvalue weighted by molar-refractivity contribution is 0.00578. The number of hydrogen-bond donors (Lipinski definition) is 1. The van der Waals surface area contributed by atoms with Crippen LogP contribution in [0, 0.1) is 0 Å². The molecule has 0 spiro atoms. The molecule has 2 aromatic rings. The first-order valence-corrected chi connectivity index (χ1v) is 10.1. The van der Waals surface area contributed by atoms with Crippen LogP contribution in [-0.4, -0.2) is 30.5 Å². The van der Waals surface area contributed by atoms with E-state index in [4.69, 9.17) is 14.0 Å². The third kappa shape index (κ3) is 5.10. The first-order valence-electron chi connectivity index (χ1n) is 10.1. The van der Waals surface area contributed by atoms with Gasteiger partial charge in [0.2, 0.25) is 0 Å². The molecule has 29 heavy (non-hydrogen) atoms. The van der Waals surface area contributed by atoms with E-state index in [1.54, 1.807) is 0 Å². The summed E-state index contributed by atoms with van der Waals surface area (Å²) in [4.78, 5) is 0. The number of benzene rings is 2. The van der Waals surface area contributed by atoms with Crippen LogP contribution < -0.4 is 10.8 Å². The quantitative estimate of drug-likeness (QED) is 0.527. The van der Waals surface area contributed by atoms with Gasteiger partial charge in [-0.3, -0.25) is 0 Å². The zero-order valence-corrected chi connectivity index (χ0v) is 18.2. The summed E-state index contributed by atoms with van der Waals surface area (Å²) in [5, 5.41) is 3.52. The minimum absolute atomic E-state index is 0.341. The summed E-state index contributed by atoms with van der Waals surface area (Å²) in [6, 6.07) is 18.3. The molecule has 1 saturated heterocycles. The van der Waals surface area contributed by atoms with E-state index in [9.17, 15) is 0 Å². The molecule has 0 aliphatic carbocycles. The van der Waals surface area contributed by atoms with Gasteiger partial charge in [-0.05, 0) is 57.8 Å². The molecule has 5 heteroatoms. The van der Waals surface area contributed by atoms with Crippen LogP contribution in [0.4, 0.5) is 5.69 Å². The minimum Gasteiger partial charge on any atom is -0.399 e. The second-order valence-electron chi connectivity index (χ2n) is 8.94. The lowest BCUT2D eigenvalue weighted by atomic mass is 9.79. The average Bonchev–Trinajstić information content (AvgIpc) is 2.90. The Morgan fingerprint density at radius 3 is 2.14 bits per heavy atom. The SMILES string of the molecule is C=C[C@@](C)(COCc1ccccc1)Nc1ccc(B2OC(C)(C)C(C)(C)O2)cc1. The van der Waals surface area contributed by atoms with Crippen molar-refractivity contribution in [1.29, 1.82) is 0 Å². The van der Waals surface area contributed by atoms with Crippen LogP contribution in [-0.2, 0) is 20.7 Å². The van der Waals surface area contributed by atoms with Crippen molar-refractivity contribution in [3.63, 3.8) is 0 Å². The Morgan fingerprint density at radius 1 is 1.00 bits per heavy atom. The molecule has 1 atom stereocenters. The summed E-state index contributed by atoms with van der Waals surface area (Å²) in [5.41, 5.74) is 2.11. The smallest absolute Gasteiger partial charge is 0.399 e. The standard InChI is InChI=1S/C24H32BNO3/c1-7-24(6,18-27-17-19-11-9-8-10-12-19)26-21-15-13-20(14-16-21)25-28-22(2,3)23(4,5)29-25/h7-16,26H,1,17-18H2,2-6H3/t24-/m0/s1. The molecule has 0 radical (unpaired) electrons. The molecule has 154 valence electrons. The Kier molecular flexibility index (Phi) is 6.23. The van der Waals surface area contributed by atoms with E-state index in [-0.39, 0.29) is 23.9 Å². The van der Waals surface area contributed by atoms with Crippen molar-refractivity contribution >= 4 is 18.3 Å². The van der Waals surface area contributed by atoms with Crippen molar-refractivity contribution < 1.29 is 14.0 Å². The van der Waals surface area contributed by atoms with Crippen molar-refractivity contribution in [2.45, 2.75) is 58.0 Å². The van der Waals surface area contributed by atoms with Gasteiger partial charge in [0.25, 0.3) is 0 Å². The van der Waals surface area contributed by atoms with Crippen molar-refractivity contribution in [3.8, 4) is 0 Å². The summed E-state index contributed by atoms with van der Waals surface area (Å²) in [7, 11) is -0.353. The highest BCUT2D eigenvalue weighted by atomic mass is 16.7. The molecule has 4 nitrogen and oxygen atoms in total. The first-order chi connectivity index (χ1) is 13.6. The highest BCUT2D eigenvalue weighted by Crippen LogP contribution is 2.36. The molecule has 2 aromatic carbocycles. The Balaban J connectivity index is 1.59. The Hall–Kier alpha value is -2.08. The highest BCUT2D eigenvalue weighted by molar-refractivity contribution is 6.62. The van der Waals surface area contributed by atoms with Crippen molar-refractivity contribution in [2.24, 2.45) is 0 Å². The highest BCUT2D eigenvalue weighted by Gasteiger charge is 2.51. The zero-order valence-electron chi connectivity index (χ0n) is 18.2. The second-order valence-corrected chi connectivity index (χ2v) is 8.94. The predicted octanol–water partition coefficient (Wildman–Crippen LogP) is 4.56. The lowest BCUT2D eigenvalue weighted by Crippen LogP contribution is -2.41.